The van der Waals surface area contributed by atoms with Crippen LogP contribution >= 0.6 is 11.3 Å². The summed E-state index contributed by atoms with van der Waals surface area (Å²) in [5.74, 6) is -1.16. The molecule has 0 saturated carbocycles. The number of hydrogen-bond acceptors (Lipinski definition) is 7. The molecule has 0 spiro atoms. The van der Waals surface area contributed by atoms with Gasteiger partial charge in [0, 0.05) is 30.0 Å². The van der Waals surface area contributed by atoms with E-state index in [-0.39, 0.29) is 4.90 Å². The summed E-state index contributed by atoms with van der Waals surface area (Å²) in [6.07, 6.45) is 4.53. The van der Waals surface area contributed by atoms with E-state index >= 15 is 0 Å². The number of esters is 1. The van der Waals surface area contributed by atoms with Gasteiger partial charge < -0.3 is 10.1 Å². The predicted molar refractivity (Wildman–Crippen MR) is 158 cm³/mol. The van der Waals surface area contributed by atoms with Gasteiger partial charge >= 0.3 is 5.97 Å². The Morgan fingerprint density at radius 1 is 1.10 bits per heavy atom. The standard InChI is InChI=1S/C30H29N3O5S2/c1-19-13-14-22(40(36,37)33(2)3)17-26(19)31-27(34)18-38-30(35)28-23-10-4-5-12-25(23)32-29-20(8-6-11-24(28)29)16-21-9-7-15-39-21/h4-5,7,9-10,12-17H,6,8,11,18H2,1-3H3,(H,31,34)/b20-16+. The number of pyridine rings is 1. The molecule has 0 fully saturated rings. The molecule has 1 amide bonds. The Morgan fingerprint density at radius 2 is 1.90 bits per heavy atom. The minimum atomic E-state index is -3.68. The molecule has 0 atom stereocenters. The quantitative estimate of drug-likeness (QED) is 0.291. The van der Waals surface area contributed by atoms with Crippen LogP contribution in [0.4, 0.5) is 5.69 Å². The van der Waals surface area contributed by atoms with E-state index in [0.717, 1.165) is 38.9 Å². The van der Waals surface area contributed by atoms with Crippen LogP contribution in [-0.4, -0.2) is 50.3 Å². The number of aromatic nitrogens is 1. The van der Waals surface area contributed by atoms with Gasteiger partial charge in [0.25, 0.3) is 5.91 Å². The van der Waals surface area contributed by atoms with Crippen LogP contribution in [0, 0.1) is 6.92 Å². The lowest BCUT2D eigenvalue weighted by atomic mass is 9.86. The fourth-order valence-corrected chi connectivity index (χ4v) is 6.36. The fraction of sp³-hybridized carbons (Fsp3) is 0.233. The molecule has 206 valence electrons. The largest absolute Gasteiger partial charge is 0.452 e. The van der Waals surface area contributed by atoms with E-state index in [4.69, 9.17) is 9.72 Å². The van der Waals surface area contributed by atoms with Crippen LogP contribution in [-0.2, 0) is 26.0 Å². The number of sulfonamides is 1. The molecule has 2 aromatic heterocycles. The molecule has 2 aromatic carbocycles. The molecule has 0 saturated heterocycles. The number of allylic oxidation sites excluding steroid dienone is 1. The number of carbonyl (C=O) groups is 2. The number of fused-ring (bicyclic) bond motifs is 2. The van der Waals surface area contributed by atoms with E-state index in [1.165, 1.54) is 26.2 Å². The predicted octanol–water partition coefficient (Wildman–Crippen LogP) is 5.53. The highest BCUT2D eigenvalue weighted by Crippen LogP contribution is 2.37. The lowest BCUT2D eigenvalue weighted by Gasteiger charge is -2.22. The molecule has 1 aliphatic carbocycles. The highest BCUT2D eigenvalue weighted by Gasteiger charge is 2.27. The SMILES string of the molecule is Cc1ccc(S(=O)(=O)N(C)C)cc1NC(=O)COC(=O)c1c2c(nc3ccccc13)/C(=C/c1cccs1)CCC2. The lowest BCUT2D eigenvalue weighted by molar-refractivity contribution is -0.119. The minimum absolute atomic E-state index is 0.0525. The first kappa shape index (κ1) is 27.7. The number of hydrogen-bond donors (Lipinski definition) is 1. The van der Waals surface area contributed by atoms with Gasteiger partial charge in [-0.1, -0.05) is 30.3 Å². The van der Waals surface area contributed by atoms with Crippen molar-refractivity contribution in [3.05, 3.63) is 87.2 Å². The lowest BCUT2D eigenvalue weighted by Crippen LogP contribution is -2.24. The summed E-state index contributed by atoms with van der Waals surface area (Å²) in [6, 6.07) is 16.0. The Kier molecular flexibility index (Phi) is 7.84. The van der Waals surface area contributed by atoms with Gasteiger partial charge in [0.15, 0.2) is 6.61 Å². The average molecular weight is 576 g/mol. The fourth-order valence-electron chi connectivity index (χ4n) is 4.75. The van der Waals surface area contributed by atoms with E-state index in [0.29, 0.717) is 34.1 Å². The second-order valence-corrected chi connectivity index (χ2v) is 12.9. The van der Waals surface area contributed by atoms with Crippen molar-refractivity contribution in [1.29, 1.82) is 0 Å². The van der Waals surface area contributed by atoms with Crippen molar-refractivity contribution in [3.63, 3.8) is 0 Å². The first-order chi connectivity index (χ1) is 19.1. The summed E-state index contributed by atoms with van der Waals surface area (Å²) in [4.78, 5) is 32.4. The Bertz CT molecular complexity index is 1740. The van der Waals surface area contributed by atoms with Gasteiger partial charge in [0.05, 0.1) is 21.7 Å². The summed E-state index contributed by atoms with van der Waals surface area (Å²) in [7, 11) is -0.798. The van der Waals surface area contributed by atoms with E-state index < -0.39 is 28.5 Å². The van der Waals surface area contributed by atoms with Crippen molar-refractivity contribution in [3.8, 4) is 0 Å². The summed E-state index contributed by atoms with van der Waals surface area (Å²) < 4.78 is 31.7. The molecule has 0 bridgehead atoms. The number of anilines is 1. The monoisotopic (exact) mass is 575 g/mol. The van der Waals surface area contributed by atoms with Gasteiger partial charge in [0.1, 0.15) is 0 Å². The maximum Gasteiger partial charge on any atom is 0.339 e. The van der Waals surface area contributed by atoms with Crippen molar-refractivity contribution in [2.45, 2.75) is 31.1 Å². The van der Waals surface area contributed by atoms with Gasteiger partial charge in [-0.3, -0.25) is 4.79 Å². The molecule has 5 rings (SSSR count). The second kappa shape index (κ2) is 11.3. The molecule has 1 N–H and O–H groups in total. The summed E-state index contributed by atoms with van der Waals surface area (Å²) in [5, 5.41) is 5.39. The third kappa shape index (κ3) is 5.56. The number of para-hydroxylation sites is 1. The van der Waals surface area contributed by atoms with Crippen LogP contribution in [0.1, 0.15) is 44.9 Å². The third-order valence-corrected chi connectivity index (χ3v) is 9.46. The maximum atomic E-state index is 13.5. The van der Waals surface area contributed by atoms with Crippen molar-refractivity contribution >= 4 is 61.5 Å². The Balaban J connectivity index is 1.41. The van der Waals surface area contributed by atoms with Crippen LogP contribution in [0.2, 0.25) is 0 Å². The first-order valence-corrected chi connectivity index (χ1v) is 15.1. The molecule has 0 radical (unpaired) electrons. The molecular weight excluding hydrogens is 546 g/mol. The highest BCUT2D eigenvalue weighted by molar-refractivity contribution is 7.89. The number of rotatable bonds is 7. The Hall–Kier alpha value is -3.86. The average Bonchev–Trinajstić information content (AvgIpc) is 3.45. The molecule has 0 aliphatic heterocycles. The van der Waals surface area contributed by atoms with E-state index in [2.05, 4.69) is 11.4 Å². The Morgan fingerprint density at radius 3 is 2.65 bits per heavy atom. The van der Waals surface area contributed by atoms with E-state index in [9.17, 15) is 18.0 Å². The molecular formula is C30H29N3O5S2. The molecule has 0 unspecified atom stereocenters. The van der Waals surface area contributed by atoms with Gasteiger partial charge in [-0.25, -0.2) is 22.5 Å². The molecule has 8 nitrogen and oxygen atoms in total. The molecule has 1 aliphatic rings. The molecule has 4 aromatic rings. The van der Waals surface area contributed by atoms with Crippen LogP contribution in [0.25, 0.3) is 22.6 Å². The maximum absolute atomic E-state index is 13.5. The number of thiophene rings is 1. The van der Waals surface area contributed by atoms with Crippen molar-refractivity contribution in [2.75, 3.05) is 26.0 Å². The number of carbonyl (C=O) groups excluding carboxylic acids is 2. The molecule has 40 heavy (non-hydrogen) atoms. The topological polar surface area (TPSA) is 106 Å². The first-order valence-electron chi connectivity index (χ1n) is 12.8. The van der Waals surface area contributed by atoms with Crippen molar-refractivity contribution in [1.82, 2.24) is 9.29 Å². The highest BCUT2D eigenvalue weighted by atomic mass is 32.2. The van der Waals surface area contributed by atoms with E-state index in [1.807, 2.05) is 41.8 Å². The van der Waals surface area contributed by atoms with Crippen LogP contribution in [0.15, 0.2) is 64.9 Å². The zero-order chi connectivity index (χ0) is 28.4. The van der Waals surface area contributed by atoms with Gasteiger partial charge in [-0.15, -0.1) is 11.3 Å². The number of amides is 1. The number of nitrogens with zero attached hydrogens (tertiary/aromatic N) is 2. The summed E-state index contributed by atoms with van der Waals surface area (Å²) in [6.45, 7) is 1.23. The van der Waals surface area contributed by atoms with Gasteiger partial charge in [-0.05, 0) is 78.6 Å². The molecule has 10 heteroatoms. The number of benzene rings is 2. The van der Waals surface area contributed by atoms with Gasteiger partial charge in [-0.2, -0.15) is 0 Å². The van der Waals surface area contributed by atoms with Crippen molar-refractivity contribution in [2.24, 2.45) is 0 Å². The third-order valence-electron chi connectivity index (χ3n) is 6.83. The second-order valence-electron chi connectivity index (χ2n) is 9.76. The van der Waals surface area contributed by atoms with Crippen LogP contribution in [0.3, 0.4) is 0 Å². The van der Waals surface area contributed by atoms with Gasteiger partial charge in [0.2, 0.25) is 10.0 Å². The zero-order valence-electron chi connectivity index (χ0n) is 22.4. The summed E-state index contributed by atoms with van der Waals surface area (Å²) >= 11 is 1.65. The zero-order valence-corrected chi connectivity index (χ0v) is 24.1. The number of aryl methyl sites for hydroxylation is 1. The summed E-state index contributed by atoms with van der Waals surface area (Å²) in [5.41, 5.74) is 4.83. The normalized spacial score (nSPS) is 14.3. The number of nitrogens with one attached hydrogen (secondary N) is 1. The van der Waals surface area contributed by atoms with Crippen molar-refractivity contribution < 1.29 is 22.7 Å². The Labute approximate surface area is 237 Å². The molecule has 2 heterocycles. The van der Waals surface area contributed by atoms with Crippen LogP contribution < -0.4 is 5.32 Å². The smallest absolute Gasteiger partial charge is 0.339 e. The van der Waals surface area contributed by atoms with Crippen LogP contribution in [0.5, 0.6) is 0 Å². The number of ether oxygens (including phenoxy) is 1. The van der Waals surface area contributed by atoms with E-state index in [1.54, 1.807) is 24.3 Å². The minimum Gasteiger partial charge on any atom is -0.452 e.